The minimum Gasteiger partial charge on any atom is -0.464 e. The summed E-state index contributed by atoms with van der Waals surface area (Å²) in [4.78, 5) is 51.0. The molecule has 0 heterocycles. The largest absolute Gasteiger partial charge is 0.464 e. The second-order valence-corrected chi connectivity index (χ2v) is 10.0. The fourth-order valence-corrected chi connectivity index (χ4v) is 4.64. The minimum absolute atomic E-state index is 0.0346. The SMILES string of the molecule is C=COC(=O)[C@H]1[C@H]2[C@@H]1[C@](NC(=O)[C@H](CC(C)C)NC(=O)OC(C)(C)C)(C(=O)OCC)C[C@@H]2O. The van der Waals surface area contributed by atoms with Gasteiger partial charge >= 0.3 is 18.0 Å². The van der Waals surface area contributed by atoms with Gasteiger partial charge in [0.2, 0.25) is 5.91 Å². The summed E-state index contributed by atoms with van der Waals surface area (Å²) in [6.45, 7) is 13.9. The van der Waals surface area contributed by atoms with Crippen LogP contribution in [0, 0.1) is 23.7 Å². The second-order valence-electron chi connectivity index (χ2n) is 10.0. The topological polar surface area (TPSA) is 140 Å². The number of aliphatic hydroxyl groups is 1. The summed E-state index contributed by atoms with van der Waals surface area (Å²) < 4.78 is 15.4. The van der Waals surface area contributed by atoms with E-state index >= 15 is 0 Å². The minimum atomic E-state index is -1.62. The van der Waals surface area contributed by atoms with Crippen LogP contribution in [0.2, 0.25) is 0 Å². The molecular formula is C23H36N2O8. The molecule has 10 nitrogen and oxygen atoms in total. The molecule has 2 saturated carbocycles. The van der Waals surface area contributed by atoms with Gasteiger partial charge in [-0.15, -0.1) is 0 Å². The van der Waals surface area contributed by atoms with E-state index in [0.29, 0.717) is 0 Å². The Hall–Kier alpha value is -2.62. The summed E-state index contributed by atoms with van der Waals surface area (Å²) in [6, 6.07) is -1.00. The van der Waals surface area contributed by atoms with Crippen molar-refractivity contribution in [2.75, 3.05) is 6.61 Å². The molecule has 10 heteroatoms. The number of hydrogen-bond acceptors (Lipinski definition) is 8. The molecule has 3 N–H and O–H groups in total. The number of fused-ring (bicyclic) bond motifs is 1. The van der Waals surface area contributed by atoms with Crippen molar-refractivity contribution >= 4 is 23.9 Å². The fraction of sp³-hybridized carbons (Fsp3) is 0.739. The first-order valence-electron chi connectivity index (χ1n) is 11.3. The molecule has 0 spiro atoms. The van der Waals surface area contributed by atoms with Crippen molar-refractivity contribution in [2.24, 2.45) is 23.7 Å². The Morgan fingerprint density at radius 2 is 1.88 bits per heavy atom. The molecule has 0 aromatic carbocycles. The van der Waals surface area contributed by atoms with Gasteiger partial charge in [0.05, 0.1) is 24.9 Å². The standard InChI is InChI=1S/C23H36N2O8/c1-8-31-19(28)16-15-14(26)11-23(17(15)16,20(29)32-9-2)25-18(27)13(10-12(3)4)24-21(30)33-22(5,6)7/h8,12-17,26H,1,9-11H2,2-7H3,(H,24,30)(H,25,27)/t13-,14-,15-,16-,17-,23-/m0/s1. The van der Waals surface area contributed by atoms with Crippen LogP contribution in [0.1, 0.15) is 54.4 Å². The maximum absolute atomic E-state index is 13.3. The van der Waals surface area contributed by atoms with Gasteiger partial charge in [0.1, 0.15) is 17.2 Å². The summed E-state index contributed by atoms with van der Waals surface area (Å²) in [5.41, 5.74) is -2.38. The third-order valence-electron chi connectivity index (χ3n) is 5.79. The van der Waals surface area contributed by atoms with E-state index in [1.54, 1.807) is 27.7 Å². The molecule has 0 aromatic heterocycles. The van der Waals surface area contributed by atoms with Crippen molar-refractivity contribution in [1.82, 2.24) is 10.6 Å². The van der Waals surface area contributed by atoms with E-state index < -0.39 is 65.0 Å². The lowest BCUT2D eigenvalue weighted by atomic mass is 9.88. The van der Waals surface area contributed by atoms with Crippen molar-refractivity contribution < 1.29 is 38.5 Å². The molecule has 0 unspecified atom stereocenters. The highest BCUT2D eigenvalue weighted by Crippen LogP contribution is 2.63. The van der Waals surface area contributed by atoms with E-state index in [1.807, 2.05) is 13.8 Å². The van der Waals surface area contributed by atoms with Gasteiger partial charge in [0.15, 0.2) is 0 Å². The van der Waals surface area contributed by atoms with E-state index in [9.17, 15) is 24.3 Å². The maximum atomic E-state index is 13.3. The van der Waals surface area contributed by atoms with Crippen LogP contribution in [-0.4, -0.2) is 58.9 Å². The molecule has 2 rings (SSSR count). The number of rotatable bonds is 9. The Morgan fingerprint density at radius 3 is 2.39 bits per heavy atom. The Morgan fingerprint density at radius 1 is 1.24 bits per heavy atom. The third kappa shape index (κ3) is 6.04. The predicted molar refractivity (Wildman–Crippen MR) is 118 cm³/mol. The monoisotopic (exact) mass is 468 g/mol. The number of aliphatic hydroxyl groups excluding tert-OH is 1. The van der Waals surface area contributed by atoms with Crippen LogP contribution in [0.25, 0.3) is 0 Å². The summed E-state index contributed by atoms with van der Waals surface area (Å²) in [6.07, 6.45) is -0.619. The third-order valence-corrected chi connectivity index (χ3v) is 5.79. The number of nitrogens with one attached hydrogen (secondary N) is 2. The van der Waals surface area contributed by atoms with Crippen LogP contribution in [-0.2, 0) is 28.6 Å². The average Bonchev–Trinajstić information content (AvgIpc) is 3.35. The molecule has 0 saturated heterocycles. The van der Waals surface area contributed by atoms with E-state index in [1.165, 1.54) is 0 Å². The smallest absolute Gasteiger partial charge is 0.408 e. The molecule has 186 valence electrons. The van der Waals surface area contributed by atoms with Crippen LogP contribution >= 0.6 is 0 Å². The van der Waals surface area contributed by atoms with Crippen LogP contribution in [0.4, 0.5) is 4.79 Å². The Labute approximate surface area is 194 Å². The average molecular weight is 469 g/mol. The normalized spacial score (nSPS) is 28.8. The number of amides is 2. The first kappa shape index (κ1) is 26.6. The highest BCUT2D eigenvalue weighted by Gasteiger charge is 2.76. The molecule has 0 radical (unpaired) electrons. The molecule has 0 bridgehead atoms. The van der Waals surface area contributed by atoms with Gasteiger partial charge in [0, 0.05) is 18.3 Å². The number of esters is 2. The first-order chi connectivity index (χ1) is 15.3. The van der Waals surface area contributed by atoms with Crippen molar-refractivity contribution in [3.8, 4) is 0 Å². The van der Waals surface area contributed by atoms with Gasteiger partial charge < -0.3 is 30.0 Å². The summed E-state index contributed by atoms with van der Waals surface area (Å²) in [5, 5.41) is 15.9. The van der Waals surface area contributed by atoms with E-state index in [0.717, 1.165) is 6.26 Å². The van der Waals surface area contributed by atoms with Crippen LogP contribution in [0.3, 0.4) is 0 Å². The quantitative estimate of drug-likeness (QED) is 0.264. The van der Waals surface area contributed by atoms with Gasteiger partial charge in [-0.3, -0.25) is 9.59 Å². The molecule has 0 aliphatic heterocycles. The van der Waals surface area contributed by atoms with Crippen LogP contribution < -0.4 is 10.6 Å². The lowest BCUT2D eigenvalue weighted by Gasteiger charge is -2.33. The Bertz CT molecular complexity index is 790. The summed E-state index contributed by atoms with van der Waals surface area (Å²) >= 11 is 0. The molecule has 2 aliphatic carbocycles. The van der Waals surface area contributed by atoms with Gasteiger partial charge in [0.25, 0.3) is 0 Å². The number of hydrogen-bond donors (Lipinski definition) is 3. The Balaban J connectivity index is 2.30. The van der Waals surface area contributed by atoms with Crippen LogP contribution in [0.5, 0.6) is 0 Å². The lowest BCUT2D eigenvalue weighted by molar-refractivity contribution is -0.156. The molecule has 0 aromatic rings. The maximum Gasteiger partial charge on any atom is 0.408 e. The number of ether oxygens (including phenoxy) is 3. The predicted octanol–water partition coefficient (Wildman–Crippen LogP) is 1.66. The van der Waals surface area contributed by atoms with Crippen molar-refractivity contribution in [1.29, 1.82) is 0 Å². The zero-order valence-electron chi connectivity index (χ0n) is 20.2. The number of carbonyl (C=O) groups excluding carboxylic acids is 4. The highest BCUT2D eigenvalue weighted by molar-refractivity contribution is 5.94. The second kappa shape index (κ2) is 10.1. The van der Waals surface area contributed by atoms with E-state index in [2.05, 4.69) is 17.2 Å². The van der Waals surface area contributed by atoms with Crippen molar-refractivity contribution in [3.05, 3.63) is 12.8 Å². The van der Waals surface area contributed by atoms with Crippen LogP contribution in [0.15, 0.2) is 12.8 Å². The van der Waals surface area contributed by atoms with Crippen molar-refractivity contribution in [3.63, 3.8) is 0 Å². The molecule has 6 atom stereocenters. The molecule has 2 fully saturated rings. The lowest BCUT2D eigenvalue weighted by Crippen LogP contribution is -2.61. The van der Waals surface area contributed by atoms with Gasteiger partial charge in [-0.05, 0) is 40.0 Å². The zero-order chi connectivity index (χ0) is 25.1. The molecule has 2 amide bonds. The molecule has 2 aliphatic rings. The number of alkyl carbamates (subject to hydrolysis) is 1. The first-order valence-corrected chi connectivity index (χ1v) is 11.3. The van der Waals surface area contributed by atoms with E-state index in [-0.39, 0.29) is 25.4 Å². The van der Waals surface area contributed by atoms with Gasteiger partial charge in [-0.25, -0.2) is 9.59 Å². The number of carbonyl (C=O) groups is 4. The summed E-state index contributed by atoms with van der Waals surface area (Å²) in [5.74, 6) is -3.98. The van der Waals surface area contributed by atoms with E-state index in [4.69, 9.17) is 14.2 Å². The molecular weight excluding hydrogens is 432 g/mol. The van der Waals surface area contributed by atoms with Crippen molar-refractivity contribution in [2.45, 2.75) is 77.7 Å². The van der Waals surface area contributed by atoms with Gasteiger partial charge in [-0.2, -0.15) is 0 Å². The zero-order valence-corrected chi connectivity index (χ0v) is 20.2. The van der Waals surface area contributed by atoms with Gasteiger partial charge in [-0.1, -0.05) is 20.4 Å². The Kier molecular flexibility index (Phi) is 8.16. The molecule has 33 heavy (non-hydrogen) atoms. The summed E-state index contributed by atoms with van der Waals surface area (Å²) in [7, 11) is 0. The highest BCUT2D eigenvalue weighted by atomic mass is 16.6. The fourth-order valence-electron chi connectivity index (χ4n) is 4.64.